The minimum Gasteiger partial charge on any atom is -0.356 e. The van der Waals surface area contributed by atoms with Crippen LogP contribution in [-0.4, -0.2) is 19.6 Å². The van der Waals surface area contributed by atoms with E-state index >= 15 is 0 Å². The third-order valence-corrected chi connectivity index (χ3v) is 4.71. The first-order chi connectivity index (χ1) is 11.7. The van der Waals surface area contributed by atoms with E-state index in [4.69, 9.17) is 11.6 Å². The summed E-state index contributed by atoms with van der Waals surface area (Å²) in [6, 6.07) is 8.44. The van der Waals surface area contributed by atoms with E-state index < -0.39 is 0 Å². The molecule has 3 aromatic heterocycles. The van der Waals surface area contributed by atoms with Gasteiger partial charge in [0, 0.05) is 35.1 Å². The molecule has 0 fully saturated rings. The molecule has 0 radical (unpaired) electrons. The Morgan fingerprint density at radius 2 is 2.17 bits per heavy atom. The summed E-state index contributed by atoms with van der Waals surface area (Å²) < 4.78 is 15.5. The van der Waals surface area contributed by atoms with Crippen LogP contribution in [0, 0.1) is 5.82 Å². The summed E-state index contributed by atoms with van der Waals surface area (Å²) in [6.07, 6.45) is 5.31. The maximum atomic E-state index is 13.8. The summed E-state index contributed by atoms with van der Waals surface area (Å²) in [5.41, 5.74) is 2.16. The van der Waals surface area contributed by atoms with E-state index in [1.54, 1.807) is 29.0 Å². The van der Waals surface area contributed by atoms with Gasteiger partial charge in [0.1, 0.15) is 5.82 Å². The van der Waals surface area contributed by atoms with Crippen LogP contribution in [0.25, 0.3) is 16.2 Å². The second-order valence-electron chi connectivity index (χ2n) is 5.06. The molecular weight excluding hydrogens is 349 g/mol. The van der Waals surface area contributed by atoms with Crippen LogP contribution in [0.4, 0.5) is 9.52 Å². The molecule has 4 rings (SSSR count). The molecule has 0 saturated carbocycles. The molecule has 0 spiro atoms. The smallest absolute Gasteiger partial charge is 0.214 e. The number of anilines is 1. The number of hydrogen-bond acceptors (Lipinski definition) is 5. The average Bonchev–Trinajstić information content (AvgIpc) is 3.14. The highest BCUT2D eigenvalue weighted by Gasteiger charge is 2.11. The lowest BCUT2D eigenvalue weighted by Crippen LogP contribution is -2.02. The number of rotatable bonds is 4. The molecule has 0 saturated heterocycles. The topological polar surface area (TPSA) is 55.1 Å². The Hall–Kier alpha value is -2.51. The fraction of sp³-hybridized carbons (Fsp3) is 0.0625. The third kappa shape index (κ3) is 2.83. The highest BCUT2D eigenvalue weighted by Crippen LogP contribution is 2.25. The van der Waals surface area contributed by atoms with Crippen molar-refractivity contribution in [1.82, 2.24) is 19.6 Å². The van der Waals surface area contributed by atoms with Crippen molar-refractivity contribution in [2.75, 3.05) is 5.32 Å². The van der Waals surface area contributed by atoms with Gasteiger partial charge < -0.3 is 5.32 Å². The normalized spacial score (nSPS) is 11.1. The van der Waals surface area contributed by atoms with Gasteiger partial charge in [0.2, 0.25) is 10.1 Å². The molecule has 4 aromatic rings. The molecule has 0 aliphatic heterocycles. The van der Waals surface area contributed by atoms with Gasteiger partial charge in [0.15, 0.2) is 0 Å². The van der Waals surface area contributed by atoms with Crippen molar-refractivity contribution < 1.29 is 4.39 Å². The van der Waals surface area contributed by atoms with Gasteiger partial charge in [-0.1, -0.05) is 29.0 Å². The molecule has 0 atom stereocenters. The Balaban J connectivity index is 1.55. The Morgan fingerprint density at radius 1 is 1.25 bits per heavy atom. The first-order valence-corrected chi connectivity index (χ1v) is 8.33. The number of hydrogen-bond donors (Lipinski definition) is 1. The second-order valence-corrected chi connectivity index (χ2v) is 6.42. The van der Waals surface area contributed by atoms with E-state index in [0.29, 0.717) is 15.7 Å². The fourth-order valence-electron chi connectivity index (χ4n) is 2.29. The van der Waals surface area contributed by atoms with E-state index in [2.05, 4.69) is 20.4 Å². The van der Waals surface area contributed by atoms with Crippen LogP contribution in [0.5, 0.6) is 0 Å². The van der Waals surface area contributed by atoms with Crippen molar-refractivity contribution in [3.63, 3.8) is 0 Å². The number of benzene rings is 1. The SMILES string of the molecule is Fc1cccc(Cl)c1CNc1nn2cc(-c3cccnc3)nc2s1. The maximum Gasteiger partial charge on any atom is 0.214 e. The standard InChI is InChI=1S/C16H11ClFN5S/c17-12-4-1-5-13(18)11(12)8-20-15-22-23-9-14(21-16(23)24-15)10-3-2-6-19-7-10/h1-7,9H,8H2,(H,20,22). The molecule has 0 aliphatic rings. The number of nitrogens with zero attached hydrogens (tertiary/aromatic N) is 4. The summed E-state index contributed by atoms with van der Waals surface area (Å²) in [7, 11) is 0. The Labute approximate surface area is 145 Å². The van der Waals surface area contributed by atoms with Gasteiger partial charge in [-0.15, -0.1) is 5.10 Å². The zero-order valence-electron chi connectivity index (χ0n) is 12.3. The van der Waals surface area contributed by atoms with E-state index in [1.807, 2.05) is 18.3 Å². The van der Waals surface area contributed by atoms with Gasteiger partial charge in [0.25, 0.3) is 0 Å². The second kappa shape index (κ2) is 6.18. The van der Waals surface area contributed by atoms with Gasteiger partial charge in [-0.3, -0.25) is 4.98 Å². The van der Waals surface area contributed by atoms with Crippen LogP contribution >= 0.6 is 22.9 Å². The Morgan fingerprint density at radius 3 is 2.92 bits per heavy atom. The zero-order valence-corrected chi connectivity index (χ0v) is 13.9. The van der Waals surface area contributed by atoms with Crippen molar-refractivity contribution in [1.29, 1.82) is 0 Å². The van der Waals surface area contributed by atoms with Gasteiger partial charge in [0.05, 0.1) is 11.9 Å². The minimum atomic E-state index is -0.338. The molecule has 3 heterocycles. The lowest BCUT2D eigenvalue weighted by Gasteiger charge is -2.05. The van der Waals surface area contributed by atoms with Crippen molar-refractivity contribution >= 4 is 33.0 Å². The van der Waals surface area contributed by atoms with Crippen LogP contribution < -0.4 is 5.32 Å². The highest BCUT2D eigenvalue weighted by molar-refractivity contribution is 7.20. The predicted octanol–water partition coefficient (Wildman–Crippen LogP) is 4.26. The van der Waals surface area contributed by atoms with Crippen molar-refractivity contribution in [3.05, 3.63) is 65.3 Å². The molecule has 8 heteroatoms. The molecule has 0 bridgehead atoms. The van der Waals surface area contributed by atoms with Gasteiger partial charge in [-0.05, 0) is 24.3 Å². The van der Waals surface area contributed by atoms with Crippen LogP contribution in [-0.2, 0) is 6.54 Å². The van der Waals surface area contributed by atoms with Crippen LogP contribution in [0.3, 0.4) is 0 Å². The molecule has 0 unspecified atom stereocenters. The number of halogens is 2. The Bertz CT molecular complexity index is 947. The number of imidazole rings is 1. The van der Waals surface area contributed by atoms with Crippen LogP contribution in [0.2, 0.25) is 5.02 Å². The average molecular weight is 360 g/mol. The summed E-state index contributed by atoms with van der Waals surface area (Å²) in [5.74, 6) is -0.338. The molecule has 1 N–H and O–H groups in total. The van der Waals surface area contributed by atoms with E-state index in [9.17, 15) is 4.39 Å². The molecule has 1 aromatic carbocycles. The first-order valence-electron chi connectivity index (χ1n) is 7.14. The van der Waals surface area contributed by atoms with Gasteiger partial charge in [-0.2, -0.15) is 0 Å². The summed E-state index contributed by atoms with van der Waals surface area (Å²) in [5, 5.41) is 8.54. The van der Waals surface area contributed by atoms with Gasteiger partial charge in [-0.25, -0.2) is 13.9 Å². The van der Waals surface area contributed by atoms with Crippen molar-refractivity contribution in [3.8, 4) is 11.3 Å². The first kappa shape index (κ1) is 15.0. The van der Waals surface area contributed by atoms with E-state index in [0.717, 1.165) is 16.2 Å². The molecule has 0 aliphatic carbocycles. The fourth-order valence-corrected chi connectivity index (χ4v) is 3.30. The zero-order chi connectivity index (χ0) is 16.5. The van der Waals surface area contributed by atoms with E-state index in [1.165, 1.54) is 17.4 Å². The number of aromatic nitrogens is 4. The molecule has 0 amide bonds. The lowest BCUT2D eigenvalue weighted by atomic mass is 10.2. The number of nitrogens with one attached hydrogen (secondary N) is 1. The van der Waals surface area contributed by atoms with Crippen molar-refractivity contribution in [2.24, 2.45) is 0 Å². The molecule has 5 nitrogen and oxygen atoms in total. The number of fused-ring (bicyclic) bond motifs is 1. The molecule has 120 valence electrons. The van der Waals surface area contributed by atoms with E-state index in [-0.39, 0.29) is 12.4 Å². The minimum absolute atomic E-state index is 0.262. The van der Waals surface area contributed by atoms with Crippen molar-refractivity contribution in [2.45, 2.75) is 6.54 Å². The largest absolute Gasteiger partial charge is 0.356 e. The summed E-state index contributed by atoms with van der Waals surface area (Å²) >= 11 is 7.41. The van der Waals surface area contributed by atoms with Gasteiger partial charge >= 0.3 is 0 Å². The Kier molecular flexibility index (Phi) is 3.87. The summed E-state index contributed by atoms with van der Waals surface area (Å²) in [4.78, 5) is 9.36. The predicted molar refractivity (Wildman–Crippen MR) is 92.8 cm³/mol. The highest BCUT2D eigenvalue weighted by atomic mass is 35.5. The lowest BCUT2D eigenvalue weighted by molar-refractivity contribution is 0.613. The van der Waals surface area contributed by atoms with Crippen LogP contribution in [0.1, 0.15) is 5.56 Å². The monoisotopic (exact) mass is 359 g/mol. The maximum absolute atomic E-state index is 13.8. The van der Waals surface area contributed by atoms with Crippen LogP contribution in [0.15, 0.2) is 48.9 Å². The third-order valence-electron chi connectivity index (χ3n) is 3.48. The molecule has 24 heavy (non-hydrogen) atoms. The quantitative estimate of drug-likeness (QED) is 0.591. The molecular formula is C16H11ClFN5S. The summed E-state index contributed by atoms with van der Waals surface area (Å²) in [6.45, 7) is 0.262. The number of pyridine rings is 1.